The summed E-state index contributed by atoms with van der Waals surface area (Å²) in [4.78, 5) is 18.3. The van der Waals surface area contributed by atoms with E-state index in [4.69, 9.17) is 5.26 Å². The summed E-state index contributed by atoms with van der Waals surface area (Å²) < 4.78 is 38.4. The second-order valence-corrected chi connectivity index (χ2v) is 9.68. The lowest BCUT2D eigenvalue weighted by Crippen LogP contribution is -2.33. The quantitative estimate of drug-likeness (QED) is 0.412. The van der Waals surface area contributed by atoms with Crippen molar-refractivity contribution in [2.75, 3.05) is 11.9 Å². The number of thiazole rings is 1. The van der Waals surface area contributed by atoms with Gasteiger partial charge in [0, 0.05) is 36.6 Å². The Morgan fingerprint density at radius 3 is 2.91 bits per heavy atom. The first kappa shape index (κ1) is 22.6. The molecule has 0 aliphatic heterocycles. The predicted octanol–water partition coefficient (Wildman–Crippen LogP) is 4.69. The Kier molecular flexibility index (Phi) is 5.87. The first-order valence-electron chi connectivity index (χ1n) is 10.9. The van der Waals surface area contributed by atoms with Crippen LogP contribution in [-0.2, 0) is 13.0 Å². The largest absolute Gasteiger partial charge is 0.395 e. The van der Waals surface area contributed by atoms with Crippen molar-refractivity contribution in [2.24, 2.45) is 0 Å². The number of anilines is 1. The number of aromatic amines is 1. The van der Waals surface area contributed by atoms with E-state index in [0.717, 1.165) is 53.6 Å². The Labute approximate surface area is 197 Å². The maximum Gasteiger partial charge on any atom is 0.395 e. The Morgan fingerprint density at radius 2 is 2.12 bits per heavy atom. The summed E-state index contributed by atoms with van der Waals surface area (Å²) in [5.41, 5.74) is 3.07. The van der Waals surface area contributed by atoms with Crippen molar-refractivity contribution in [3.05, 3.63) is 46.9 Å². The van der Waals surface area contributed by atoms with Crippen LogP contribution in [0.5, 0.6) is 0 Å². The third-order valence-electron chi connectivity index (χ3n) is 6.26. The van der Waals surface area contributed by atoms with Crippen LogP contribution in [-0.4, -0.2) is 45.2 Å². The van der Waals surface area contributed by atoms with Gasteiger partial charge in [-0.15, -0.1) is 0 Å². The molecule has 0 saturated heterocycles. The molecular weight excluding hydrogens is 463 g/mol. The molecule has 3 heterocycles. The third kappa shape index (κ3) is 4.69. The number of hydrogen-bond acceptors (Lipinski definition) is 7. The average molecular weight is 486 g/mol. The van der Waals surface area contributed by atoms with Crippen molar-refractivity contribution in [3.8, 4) is 6.07 Å². The van der Waals surface area contributed by atoms with Crippen LogP contribution in [0.1, 0.15) is 35.5 Å². The van der Waals surface area contributed by atoms with Gasteiger partial charge in [0.15, 0.2) is 5.82 Å². The molecule has 2 unspecified atom stereocenters. The van der Waals surface area contributed by atoms with Gasteiger partial charge in [-0.3, -0.25) is 0 Å². The van der Waals surface area contributed by atoms with Crippen molar-refractivity contribution in [3.63, 3.8) is 0 Å². The molecule has 2 atom stereocenters. The number of benzene rings is 1. The zero-order valence-corrected chi connectivity index (χ0v) is 19.2. The molecule has 3 aromatic heterocycles. The third-order valence-corrected chi connectivity index (χ3v) is 7.22. The highest BCUT2D eigenvalue weighted by atomic mass is 32.1. The molecule has 2 N–H and O–H groups in total. The van der Waals surface area contributed by atoms with Gasteiger partial charge in [-0.2, -0.15) is 18.4 Å². The molecule has 34 heavy (non-hydrogen) atoms. The number of fused-ring (bicyclic) bond motifs is 2. The van der Waals surface area contributed by atoms with Gasteiger partial charge in [0.05, 0.1) is 6.42 Å². The Hall–Kier alpha value is -3.23. The number of alkyl halides is 3. The van der Waals surface area contributed by atoms with Gasteiger partial charge in [0.25, 0.3) is 0 Å². The minimum absolute atomic E-state index is 0.00453. The molecule has 0 bridgehead atoms. The van der Waals surface area contributed by atoms with E-state index in [1.165, 1.54) is 6.33 Å². The molecule has 1 fully saturated rings. The normalized spacial score (nSPS) is 18.6. The number of nitrogens with one attached hydrogen (secondary N) is 2. The Bertz CT molecular complexity index is 1370. The monoisotopic (exact) mass is 485 g/mol. The molecule has 176 valence electrons. The molecule has 5 rings (SSSR count). The Morgan fingerprint density at radius 1 is 1.26 bits per heavy atom. The van der Waals surface area contributed by atoms with Gasteiger partial charge < -0.3 is 15.2 Å². The smallest absolute Gasteiger partial charge is 0.355 e. The number of H-pyrrole nitrogens is 1. The minimum Gasteiger partial charge on any atom is -0.355 e. The number of nitrogens with zero attached hydrogens (tertiary/aromatic N) is 5. The molecule has 7 nitrogen and oxygen atoms in total. The van der Waals surface area contributed by atoms with E-state index >= 15 is 0 Å². The second kappa shape index (κ2) is 8.85. The van der Waals surface area contributed by atoms with Gasteiger partial charge in [-0.25, -0.2) is 15.0 Å². The molecular formula is C23H22F3N7S. The SMILES string of the molecule is CN(c1ncnc2sc(CC(F)(F)F)nc12)C1CCC(NCc2ccc3[nH]c(C#N)cc3c2)C1. The first-order valence-corrected chi connectivity index (χ1v) is 11.8. The van der Waals surface area contributed by atoms with E-state index in [1.54, 1.807) is 0 Å². The molecule has 11 heteroatoms. The standard InChI is InChI=1S/C23H22F3N7S/c1-33(21-20-22(30-12-29-21)34-19(32-20)9-23(24,25)26)17-4-3-15(8-17)28-11-13-2-5-18-14(6-13)7-16(10-27)31-18/h2,5-7,12,15,17,28,31H,3-4,8-9,11H2,1H3. The molecule has 0 spiro atoms. The molecule has 4 aromatic rings. The van der Waals surface area contributed by atoms with E-state index in [-0.39, 0.29) is 11.0 Å². The number of nitriles is 1. The first-order chi connectivity index (χ1) is 16.3. The summed E-state index contributed by atoms with van der Waals surface area (Å²) in [7, 11) is 1.92. The summed E-state index contributed by atoms with van der Waals surface area (Å²) >= 11 is 0.967. The van der Waals surface area contributed by atoms with Crippen LogP contribution in [0.3, 0.4) is 0 Å². The minimum atomic E-state index is -4.30. The van der Waals surface area contributed by atoms with Crippen LogP contribution in [0.4, 0.5) is 19.0 Å². The second-order valence-electron chi connectivity index (χ2n) is 8.62. The fourth-order valence-corrected chi connectivity index (χ4v) is 5.50. The van der Waals surface area contributed by atoms with Crippen LogP contribution in [0.15, 0.2) is 30.6 Å². The zero-order valence-electron chi connectivity index (χ0n) is 18.4. The number of hydrogen-bond donors (Lipinski definition) is 2. The van der Waals surface area contributed by atoms with Gasteiger partial charge in [-0.1, -0.05) is 17.4 Å². The topological polar surface area (TPSA) is 93.5 Å². The van der Waals surface area contributed by atoms with Crippen molar-refractivity contribution in [1.29, 1.82) is 5.26 Å². The van der Waals surface area contributed by atoms with Gasteiger partial charge in [0.2, 0.25) is 0 Å². The summed E-state index contributed by atoms with van der Waals surface area (Å²) in [6.07, 6.45) is -1.14. The van der Waals surface area contributed by atoms with Crippen LogP contribution in [0, 0.1) is 11.3 Å². The highest BCUT2D eigenvalue weighted by Gasteiger charge is 2.32. The predicted molar refractivity (Wildman–Crippen MR) is 125 cm³/mol. The van der Waals surface area contributed by atoms with E-state index in [0.29, 0.717) is 27.9 Å². The lowest BCUT2D eigenvalue weighted by molar-refractivity contribution is -0.127. The van der Waals surface area contributed by atoms with Gasteiger partial charge in [0.1, 0.15) is 33.4 Å². The van der Waals surface area contributed by atoms with E-state index < -0.39 is 12.6 Å². The van der Waals surface area contributed by atoms with E-state index in [9.17, 15) is 13.2 Å². The van der Waals surface area contributed by atoms with Crippen LogP contribution in [0.25, 0.3) is 21.3 Å². The fourth-order valence-electron chi connectivity index (χ4n) is 4.57. The maximum absolute atomic E-state index is 12.8. The van der Waals surface area contributed by atoms with Crippen molar-refractivity contribution in [2.45, 2.75) is 50.5 Å². The van der Waals surface area contributed by atoms with Crippen molar-refractivity contribution < 1.29 is 13.2 Å². The summed E-state index contributed by atoms with van der Waals surface area (Å²) in [5, 5.41) is 13.7. The zero-order chi connectivity index (χ0) is 23.9. The lowest BCUT2D eigenvalue weighted by atomic mass is 10.1. The molecule has 1 aliphatic rings. The van der Waals surface area contributed by atoms with Crippen molar-refractivity contribution >= 4 is 38.4 Å². The summed E-state index contributed by atoms with van der Waals surface area (Å²) in [6, 6.07) is 10.6. The molecule has 0 radical (unpaired) electrons. The Balaban J connectivity index is 1.24. The van der Waals surface area contributed by atoms with Crippen LogP contribution >= 0.6 is 11.3 Å². The number of rotatable bonds is 6. The average Bonchev–Trinajstić information content (AvgIpc) is 3.52. The lowest BCUT2D eigenvalue weighted by Gasteiger charge is -2.26. The van der Waals surface area contributed by atoms with Gasteiger partial charge in [-0.05, 0) is 43.0 Å². The number of aromatic nitrogens is 4. The summed E-state index contributed by atoms with van der Waals surface area (Å²) in [5.74, 6) is 0.575. The van der Waals surface area contributed by atoms with Crippen LogP contribution in [0.2, 0.25) is 0 Å². The number of halogens is 3. The van der Waals surface area contributed by atoms with E-state index in [1.807, 2.05) is 30.1 Å². The van der Waals surface area contributed by atoms with Gasteiger partial charge >= 0.3 is 6.18 Å². The molecule has 1 saturated carbocycles. The van der Waals surface area contributed by atoms with Crippen LogP contribution < -0.4 is 10.2 Å². The molecule has 1 aromatic carbocycles. The highest BCUT2D eigenvalue weighted by molar-refractivity contribution is 7.18. The maximum atomic E-state index is 12.8. The van der Waals surface area contributed by atoms with E-state index in [2.05, 4.69) is 37.4 Å². The molecule has 0 amide bonds. The van der Waals surface area contributed by atoms with Crippen molar-refractivity contribution in [1.82, 2.24) is 25.3 Å². The highest BCUT2D eigenvalue weighted by Crippen LogP contribution is 2.33. The fraction of sp³-hybridized carbons (Fsp3) is 0.391. The summed E-state index contributed by atoms with van der Waals surface area (Å²) in [6.45, 7) is 0.717. The molecule has 1 aliphatic carbocycles.